The number of rotatable bonds is 9. The number of amides is 3. The topological polar surface area (TPSA) is 78.5 Å². The predicted molar refractivity (Wildman–Crippen MR) is 88.4 cm³/mol. The summed E-state index contributed by atoms with van der Waals surface area (Å²) in [6.07, 6.45) is 0.174. The quantitative estimate of drug-likeness (QED) is 0.665. The molecule has 0 aliphatic rings. The molecule has 0 aliphatic heterocycles. The molecule has 0 radical (unpaired) electrons. The number of hydrogen-bond acceptors (Lipinski definition) is 3. The summed E-state index contributed by atoms with van der Waals surface area (Å²) in [4.78, 5) is 36.1. The maximum Gasteiger partial charge on any atom is 0.223 e. The minimum absolute atomic E-state index is 0.0819. The first kappa shape index (κ1) is 19.6. The second kappa shape index (κ2) is 10.4. The number of carbonyl (C=O) groups excluding carboxylic acids is 3. The molecule has 0 spiro atoms. The van der Waals surface area contributed by atoms with Crippen molar-refractivity contribution in [2.24, 2.45) is 0 Å². The second-order valence-corrected chi connectivity index (χ2v) is 5.37. The first-order valence-corrected chi connectivity index (χ1v) is 7.95. The number of halogens is 1. The van der Waals surface area contributed by atoms with E-state index < -0.39 is 0 Å². The molecule has 0 unspecified atom stereocenters. The van der Waals surface area contributed by atoms with E-state index in [0.29, 0.717) is 31.7 Å². The van der Waals surface area contributed by atoms with E-state index in [1.807, 2.05) is 6.92 Å². The molecule has 0 heterocycles. The molecule has 132 valence electrons. The van der Waals surface area contributed by atoms with Crippen LogP contribution in [0.15, 0.2) is 24.3 Å². The van der Waals surface area contributed by atoms with Crippen LogP contribution in [0.4, 0.5) is 4.39 Å². The lowest BCUT2D eigenvalue weighted by molar-refractivity contribution is -0.134. The molecule has 7 heteroatoms. The van der Waals surface area contributed by atoms with Gasteiger partial charge in [0.2, 0.25) is 17.7 Å². The molecule has 0 atom stereocenters. The molecule has 24 heavy (non-hydrogen) atoms. The summed E-state index contributed by atoms with van der Waals surface area (Å²) in [7, 11) is 0. The Hall–Kier alpha value is -2.44. The van der Waals surface area contributed by atoms with Gasteiger partial charge in [0.05, 0.1) is 0 Å². The zero-order valence-electron chi connectivity index (χ0n) is 14.1. The molecular formula is C17H24FN3O3. The SMILES string of the molecule is CCN(Cc1cccc(F)c1)C(=O)CCC(=O)NCCNC(C)=O. The smallest absolute Gasteiger partial charge is 0.223 e. The Labute approximate surface area is 141 Å². The number of carbonyl (C=O) groups is 3. The highest BCUT2D eigenvalue weighted by Gasteiger charge is 2.14. The van der Waals surface area contributed by atoms with Crippen LogP contribution in [0.2, 0.25) is 0 Å². The summed E-state index contributed by atoms with van der Waals surface area (Å²) in [6.45, 7) is 4.73. The fourth-order valence-corrected chi connectivity index (χ4v) is 2.14. The zero-order valence-corrected chi connectivity index (χ0v) is 14.1. The highest BCUT2D eigenvalue weighted by Crippen LogP contribution is 2.09. The summed E-state index contributed by atoms with van der Waals surface area (Å²) in [5.41, 5.74) is 0.713. The van der Waals surface area contributed by atoms with Crippen molar-refractivity contribution < 1.29 is 18.8 Å². The van der Waals surface area contributed by atoms with E-state index in [9.17, 15) is 18.8 Å². The van der Waals surface area contributed by atoms with E-state index >= 15 is 0 Å². The third-order valence-electron chi connectivity index (χ3n) is 3.38. The standard InChI is InChI=1S/C17H24FN3O3/c1-3-21(12-14-5-4-6-15(18)11-14)17(24)8-7-16(23)20-10-9-19-13(2)22/h4-6,11H,3,7-10,12H2,1-2H3,(H,19,22)(H,20,23). The van der Waals surface area contributed by atoms with Crippen molar-refractivity contribution >= 4 is 17.7 Å². The van der Waals surface area contributed by atoms with Gasteiger partial charge in [-0.25, -0.2) is 4.39 Å². The van der Waals surface area contributed by atoms with Crippen molar-refractivity contribution in [3.8, 4) is 0 Å². The van der Waals surface area contributed by atoms with E-state index in [-0.39, 0.29) is 36.4 Å². The van der Waals surface area contributed by atoms with Crippen molar-refractivity contribution in [3.63, 3.8) is 0 Å². The Morgan fingerprint density at radius 1 is 1.12 bits per heavy atom. The third-order valence-corrected chi connectivity index (χ3v) is 3.38. The maximum atomic E-state index is 13.2. The van der Waals surface area contributed by atoms with Gasteiger partial charge in [-0.15, -0.1) is 0 Å². The van der Waals surface area contributed by atoms with Gasteiger partial charge in [0.15, 0.2) is 0 Å². The zero-order chi connectivity index (χ0) is 17.9. The van der Waals surface area contributed by atoms with Crippen LogP contribution in [-0.4, -0.2) is 42.3 Å². The first-order chi connectivity index (χ1) is 11.4. The van der Waals surface area contributed by atoms with E-state index in [1.54, 1.807) is 17.0 Å². The van der Waals surface area contributed by atoms with Gasteiger partial charge in [0, 0.05) is 45.9 Å². The van der Waals surface area contributed by atoms with Gasteiger partial charge in [0.25, 0.3) is 0 Å². The van der Waals surface area contributed by atoms with Crippen LogP contribution in [0.25, 0.3) is 0 Å². The molecule has 6 nitrogen and oxygen atoms in total. The average Bonchev–Trinajstić information content (AvgIpc) is 2.54. The number of benzene rings is 1. The van der Waals surface area contributed by atoms with Crippen LogP contribution in [-0.2, 0) is 20.9 Å². The summed E-state index contributed by atoms with van der Waals surface area (Å²) < 4.78 is 13.2. The van der Waals surface area contributed by atoms with Crippen molar-refractivity contribution in [2.75, 3.05) is 19.6 Å². The summed E-state index contributed by atoms with van der Waals surface area (Å²) >= 11 is 0. The molecule has 0 saturated carbocycles. The largest absolute Gasteiger partial charge is 0.355 e. The van der Waals surface area contributed by atoms with Gasteiger partial charge in [-0.2, -0.15) is 0 Å². The lowest BCUT2D eigenvalue weighted by Crippen LogP contribution is -2.35. The second-order valence-electron chi connectivity index (χ2n) is 5.37. The highest BCUT2D eigenvalue weighted by molar-refractivity contribution is 5.83. The molecule has 0 bridgehead atoms. The lowest BCUT2D eigenvalue weighted by atomic mass is 10.2. The fourth-order valence-electron chi connectivity index (χ4n) is 2.14. The van der Waals surface area contributed by atoms with E-state index in [2.05, 4.69) is 10.6 Å². The molecule has 0 saturated heterocycles. The number of nitrogens with zero attached hydrogens (tertiary/aromatic N) is 1. The fraction of sp³-hybridized carbons (Fsp3) is 0.471. The monoisotopic (exact) mass is 337 g/mol. The molecule has 1 aromatic rings. The highest BCUT2D eigenvalue weighted by atomic mass is 19.1. The van der Waals surface area contributed by atoms with Gasteiger partial charge >= 0.3 is 0 Å². The Bertz CT molecular complexity index is 578. The lowest BCUT2D eigenvalue weighted by Gasteiger charge is -2.21. The van der Waals surface area contributed by atoms with E-state index in [4.69, 9.17) is 0 Å². The predicted octanol–water partition coefficient (Wildman–Crippen LogP) is 1.21. The molecule has 0 fully saturated rings. The van der Waals surface area contributed by atoms with Crippen molar-refractivity contribution in [2.45, 2.75) is 33.2 Å². The van der Waals surface area contributed by atoms with E-state index in [1.165, 1.54) is 19.1 Å². The summed E-state index contributed by atoms with van der Waals surface area (Å²) in [6, 6.07) is 6.11. The van der Waals surface area contributed by atoms with Crippen molar-refractivity contribution in [3.05, 3.63) is 35.6 Å². The van der Waals surface area contributed by atoms with Crippen LogP contribution in [0, 0.1) is 5.82 Å². The summed E-state index contributed by atoms with van der Waals surface area (Å²) in [5, 5.41) is 5.20. The molecule has 0 aliphatic carbocycles. The van der Waals surface area contributed by atoms with Crippen LogP contribution >= 0.6 is 0 Å². The first-order valence-electron chi connectivity index (χ1n) is 7.95. The van der Waals surface area contributed by atoms with Gasteiger partial charge in [0.1, 0.15) is 5.82 Å². The molecule has 1 rings (SSSR count). The third kappa shape index (κ3) is 7.71. The van der Waals surface area contributed by atoms with Gasteiger partial charge in [-0.3, -0.25) is 14.4 Å². The van der Waals surface area contributed by atoms with Gasteiger partial charge in [-0.1, -0.05) is 12.1 Å². The van der Waals surface area contributed by atoms with Crippen LogP contribution in [0.5, 0.6) is 0 Å². The average molecular weight is 337 g/mol. The molecule has 2 N–H and O–H groups in total. The number of hydrogen-bond donors (Lipinski definition) is 2. The minimum Gasteiger partial charge on any atom is -0.355 e. The van der Waals surface area contributed by atoms with Gasteiger partial charge in [-0.05, 0) is 24.6 Å². The Balaban J connectivity index is 2.36. The molecule has 3 amide bonds. The maximum absolute atomic E-state index is 13.2. The van der Waals surface area contributed by atoms with Crippen LogP contribution < -0.4 is 10.6 Å². The minimum atomic E-state index is -0.338. The Morgan fingerprint density at radius 3 is 2.46 bits per heavy atom. The van der Waals surface area contributed by atoms with Crippen LogP contribution in [0.1, 0.15) is 32.3 Å². The molecule has 1 aromatic carbocycles. The Kier molecular flexibility index (Phi) is 8.46. The van der Waals surface area contributed by atoms with Crippen molar-refractivity contribution in [1.82, 2.24) is 15.5 Å². The van der Waals surface area contributed by atoms with Gasteiger partial charge < -0.3 is 15.5 Å². The molecular weight excluding hydrogens is 313 g/mol. The van der Waals surface area contributed by atoms with Crippen LogP contribution in [0.3, 0.4) is 0 Å². The van der Waals surface area contributed by atoms with Crippen molar-refractivity contribution in [1.29, 1.82) is 0 Å². The normalized spacial score (nSPS) is 10.1. The number of nitrogens with one attached hydrogen (secondary N) is 2. The molecule has 0 aromatic heterocycles. The van der Waals surface area contributed by atoms with E-state index in [0.717, 1.165) is 0 Å². The Morgan fingerprint density at radius 2 is 1.83 bits per heavy atom. The summed E-state index contributed by atoms with van der Waals surface area (Å²) in [5.74, 6) is -0.890.